The van der Waals surface area contributed by atoms with Crippen molar-refractivity contribution in [2.24, 2.45) is 11.8 Å². The molecule has 0 amide bonds. The highest BCUT2D eigenvalue weighted by Gasteiger charge is 2.45. The van der Waals surface area contributed by atoms with Crippen LogP contribution in [0.25, 0.3) is 0 Å². The summed E-state index contributed by atoms with van der Waals surface area (Å²) in [5, 5.41) is 2.41. The Balaban J connectivity index is 1.99. The highest BCUT2D eigenvalue weighted by atomic mass is 28.4. The van der Waals surface area contributed by atoms with Crippen molar-refractivity contribution in [1.82, 2.24) is 0 Å². The molecular formula is C22H30O2Si. The van der Waals surface area contributed by atoms with Crippen molar-refractivity contribution < 1.29 is 8.85 Å². The van der Waals surface area contributed by atoms with Crippen molar-refractivity contribution in [3.8, 4) is 0 Å². The Morgan fingerprint density at radius 2 is 1.40 bits per heavy atom. The van der Waals surface area contributed by atoms with E-state index in [4.69, 9.17) is 8.85 Å². The fourth-order valence-electron chi connectivity index (χ4n) is 3.86. The molecule has 0 aliphatic heterocycles. The number of benzene rings is 2. The molecule has 0 heterocycles. The van der Waals surface area contributed by atoms with Gasteiger partial charge in [0.1, 0.15) is 0 Å². The van der Waals surface area contributed by atoms with E-state index in [1.54, 1.807) is 0 Å². The Labute approximate surface area is 153 Å². The Morgan fingerprint density at radius 1 is 0.840 bits per heavy atom. The molecule has 25 heavy (non-hydrogen) atoms. The van der Waals surface area contributed by atoms with Crippen LogP contribution in [0.1, 0.15) is 40.0 Å². The van der Waals surface area contributed by atoms with Gasteiger partial charge < -0.3 is 8.85 Å². The summed E-state index contributed by atoms with van der Waals surface area (Å²) in [5.74, 6) is 1.50. The van der Waals surface area contributed by atoms with Crippen molar-refractivity contribution in [3.05, 3.63) is 60.7 Å². The Hall–Kier alpha value is -1.42. The third-order valence-electron chi connectivity index (χ3n) is 5.54. The topological polar surface area (TPSA) is 18.5 Å². The van der Waals surface area contributed by atoms with Crippen LogP contribution in [0.5, 0.6) is 0 Å². The van der Waals surface area contributed by atoms with E-state index in [0.29, 0.717) is 12.5 Å². The fourth-order valence-corrected chi connectivity index (χ4v) is 7.22. The number of hydrogen-bond acceptors (Lipinski definition) is 2. The third kappa shape index (κ3) is 4.05. The molecule has 1 aliphatic rings. The molecule has 0 spiro atoms. The normalized spacial score (nSPS) is 24.2. The zero-order chi connectivity index (χ0) is 17.7. The van der Waals surface area contributed by atoms with E-state index in [9.17, 15) is 0 Å². The molecule has 0 N–H and O–H groups in total. The minimum absolute atomic E-state index is 0.282. The summed E-state index contributed by atoms with van der Waals surface area (Å²) in [7, 11) is -2.69. The van der Waals surface area contributed by atoms with Crippen LogP contribution in [-0.2, 0) is 8.85 Å². The average Bonchev–Trinajstić information content (AvgIpc) is 2.66. The smallest absolute Gasteiger partial charge is 0.388 e. The lowest BCUT2D eigenvalue weighted by molar-refractivity contribution is 0.0681. The van der Waals surface area contributed by atoms with Gasteiger partial charge in [0.15, 0.2) is 0 Å². The number of hydrogen-bond donors (Lipinski definition) is 0. The van der Waals surface area contributed by atoms with Crippen LogP contribution in [0.2, 0.25) is 0 Å². The minimum Gasteiger partial charge on any atom is -0.388 e. The largest absolute Gasteiger partial charge is 0.407 e. The quantitative estimate of drug-likeness (QED) is 0.727. The van der Waals surface area contributed by atoms with E-state index >= 15 is 0 Å². The van der Waals surface area contributed by atoms with E-state index in [-0.39, 0.29) is 6.10 Å². The summed E-state index contributed by atoms with van der Waals surface area (Å²) in [6.07, 6.45) is 3.78. The second-order valence-corrected chi connectivity index (χ2v) is 10.2. The minimum atomic E-state index is -2.69. The predicted octanol–water partition coefficient (Wildman–Crippen LogP) is 4.12. The molecule has 0 radical (unpaired) electrons. The standard InChI is InChI=1S/C22H30O2Si/c1-4-23-25(21-11-7-5-8-12-21,22-13-9-6-10-14-22)24-20-16-15-18(2)19(3)17-20/h5-14,18-20H,4,15-17H2,1-3H3. The van der Waals surface area contributed by atoms with Gasteiger partial charge in [-0.1, -0.05) is 74.5 Å². The van der Waals surface area contributed by atoms with Crippen molar-refractivity contribution in [3.63, 3.8) is 0 Å². The average molecular weight is 355 g/mol. The van der Waals surface area contributed by atoms with Gasteiger partial charge in [-0.05, 0) is 48.4 Å². The van der Waals surface area contributed by atoms with Crippen molar-refractivity contribution >= 4 is 18.9 Å². The molecule has 2 aromatic rings. The third-order valence-corrected chi connectivity index (χ3v) is 9.09. The van der Waals surface area contributed by atoms with Crippen molar-refractivity contribution in [1.29, 1.82) is 0 Å². The predicted molar refractivity (Wildman–Crippen MR) is 107 cm³/mol. The van der Waals surface area contributed by atoms with Gasteiger partial charge in [-0.25, -0.2) is 0 Å². The molecule has 0 bridgehead atoms. The van der Waals surface area contributed by atoms with Crippen LogP contribution < -0.4 is 10.4 Å². The van der Waals surface area contributed by atoms with E-state index in [1.807, 2.05) is 0 Å². The summed E-state index contributed by atoms with van der Waals surface area (Å²) in [6.45, 7) is 7.45. The zero-order valence-corrected chi connectivity index (χ0v) is 16.7. The zero-order valence-electron chi connectivity index (χ0n) is 15.7. The lowest BCUT2D eigenvalue weighted by Crippen LogP contribution is -2.65. The Bertz CT molecular complexity index is 604. The summed E-state index contributed by atoms with van der Waals surface area (Å²) in [4.78, 5) is 0. The van der Waals surface area contributed by atoms with E-state index in [1.165, 1.54) is 16.8 Å². The molecule has 3 atom stereocenters. The lowest BCUT2D eigenvalue weighted by Gasteiger charge is -2.39. The van der Waals surface area contributed by atoms with Crippen molar-refractivity contribution in [2.75, 3.05) is 6.61 Å². The molecule has 3 rings (SSSR count). The van der Waals surface area contributed by atoms with Crippen molar-refractivity contribution in [2.45, 2.75) is 46.1 Å². The highest BCUT2D eigenvalue weighted by Crippen LogP contribution is 2.32. The summed E-state index contributed by atoms with van der Waals surface area (Å²) >= 11 is 0. The first-order valence-corrected chi connectivity index (χ1v) is 11.4. The Kier molecular flexibility index (Phi) is 6.10. The van der Waals surface area contributed by atoms with Gasteiger partial charge in [-0.15, -0.1) is 0 Å². The van der Waals surface area contributed by atoms with Gasteiger partial charge in [0.25, 0.3) is 0 Å². The molecule has 1 aliphatic carbocycles. The van der Waals surface area contributed by atoms with Crippen LogP contribution >= 0.6 is 0 Å². The maximum Gasteiger partial charge on any atom is 0.407 e. The molecule has 2 aromatic carbocycles. The Morgan fingerprint density at radius 3 is 1.88 bits per heavy atom. The summed E-state index contributed by atoms with van der Waals surface area (Å²) < 4.78 is 13.4. The fraction of sp³-hybridized carbons (Fsp3) is 0.455. The molecule has 0 aromatic heterocycles. The monoisotopic (exact) mass is 354 g/mol. The van der Waals surface area contributed by atoms with Crippen LogP contribution in [0.3, 0.4) is 0 Å². The van der Waals surface area contributed by atoms with E-state index in [2.05, 4.69) is 81.4 Å². The maximum absolute atomic E-state index is 6.93. The molecule has 2 nitrogen and oxygen atoms in total. The first-order valence-electron chi connectivity index (χ1n) is 9.58. The van der Waals surface area contributed by atoms with Gasteiger partial charge in [-0.3, -0.25) is 0 Å². The van der Waals surface area contributed by atoms with E-state index < -0.39 is 8.56 Å². The molecule has 1 fully saturated rings. The first kappa shape index (κ1) is 18.4. The van der Waals surface area contributed by atoms with Gasteiger partial charge >= 0.3 is 8.56 Å². The second-order valence-electron chi connectivity index (χ2n) is 7.29. The highest BCUT2D eigenvalue weighted by molar-refractivity contribution is 6.92. The van der Waals surface area contributed by atoms with Crippen LogP contribution in [-0.4, -0.2) is 21.3 Å². The van der Waals surface area contributed by atoms with E-state index in [0.717, 1.165) is 18.8 Å². The SMILES string of the molecule is CCO[Si](OC1CCC(C)C(C)C1)(c1ccccc1)c1ccccc1. The molecule has 1 saturated carbocycles. The maximum atomic E-state index is 6.93. The van der Waals surface area contributed by atoms with Crippen LogP contribution in [0.4, 0.5) is 0 Å². The molecular weight excluding hydrogens is 324 g/mol. The van der Waals surface area contributed by atoms with Crippen LogP contribution in [0, 0.1) is 11.8 Å². The van der Waals surface area contributed by atoms with Gasteiger partial charge in [-0.2, -0.15) is 0 Å². The lowest BCUT2D eigenvalue weighted by atomic mass is 9.80. The van der Waals surface area contributed by atoms with Gasteiger partial charge in [0.2, 0.25) is 0 Å². The number of rotatable bonds is 6. The molecule has 3 heteroatoms. The molecule has 134 valence electrons. The summed E-state index contributed by atoms with van der Waals surface area (Å²) in [5.41, 5.74) is 0. The molecule has 0 saturated heterocycles. The summed E-state index contributed by atoms with van der Waals surface area (Å²) in [6, 6.07) is 21.2. The first-order chi connectivity index (χ1) is 12.2. The van der Waals surface area contributed by atoms with Gasteiger partial charge in [0, 0.05) is 12.7 Å². The molecule has 3 unspecified atom stereocenters. The van der Waals surface area contributed by atoms with Crippen LogP contribution in [0.15, 0.2) is 60.7 Å². The van der Waals surface area contributed by atoms with Gasteiger partial charge in [0.05, 0.1) is 0 Å². The second kappa shape index (κ2) is 8.30.